The first-order valence-electron chi connectivity index (χ1n) is 10.5. The van der Waals surface area contributed by atoms with Crippen LogP contribution in [0, 0.1) is 6.92 Å². The lowest BCUT2D eigenvalue weighted by atomic mass is 10.2. The van der Waals surface area contributed by atoms with Crippen molar-refractivity contribution in [3.05, 3.63) is 47.0 Å². The van der Waals surface area contributed by atoms with E-state index in [-0.39, 0.29) is 12.5 Å². The smallest absolute Gasteiger partial charge is 0.250 e. The number of hydrogen-bond donors (Lipinski definition) is 0. The number of morpholine rings is 1. The third-order valence-electron chi connectivity index (χ3n) is 5.67. The first-order valence-corrected chi connectivity index (χ1v) is 11.7. The number of para-hydroxylation sites is 1. The van der Waals surface area contributed by atoms with E-state index in [2.05, 4.69) is 15.2 Å². The molecule has 5 rings (SSSR count). The Morgan fingerprint density at radius 2 is 2.03 bits per heavy atom. The molecule has 1 aliphatic rings. The summed E-state index contributed by atoms with van der Waals surface area (Å²) in [6.45, 7) is 6.53. The number of carbonyl (C=O) groups excluding carboxylic acids is 1. The van der Waals surface area contributed by atoms with Crippen LogP contribution in [0.3, 0.4) is 0 Å². The van der Waals surface area contributed by atoms with Crippen LogP contribution in [0.4, 0.5) is 5.13 Å². The Bertz CT molecular complexity index is 1230. The van der Waals surface area contributed by atoms with Crippen molar-refractivity contribution in [1.29, 1.82) is 0 Å². The van der Waals surface area contributed by atoms with Crippen molar-refractivity contribution in [2.45, 2.75) is 13.5 Å². The van der Waals surface area contributed by atoms with Crippen LogP contribution in [0.15, 0.2) is 36.4 Å². The van der Waals surface area contributed by atoms with Gasteiger partial charge in [0.15, 0.2) is 5.13 Å². The van der Waals surface area contributed by atoms with Gasteiger partial charge >= 0.3 is 0 Å². The minimum absolute atomic E-state index is 0.0817. The van der Waals surface area contributed by atoms with Crippen LogP contribution in [0.2, 0.25) is 5.02 Å². The van der Waals surface area contributed by atoms with Crippen molar-refractivity contribution in [1.82, 2.24) is 24.9 Å². The zero-order chi connectivity index (χ0) is 22.1. The van der Waals surface area contributed by atoms with Gasteiger partial charge < -0.3 is 4.74 Å². The van der Waals surface area contributed by atoms with E-state index in [4.69, 9.17) is 21.3 Å². The Kier molecular flexibility index (Phi) is 6.05. The molecular weight excluding hydrogens is 448 g/mol. The van der Waals surface area contributed by atoms with Crippen molar-refractivity contribution < 1.29 is 9.53 Å². The fourth-order valence-corrected chi connectivity index (χ4v) is 5.21. The molecule has 32 heavy (non-hydrogen) atoms. The Labute approximate surface area is 194 Å². The quantitative estimate of drug-likeness (QED) is 0.430. The van der Waals surface area contributed by atoms with Crippen molar-refractivity contribution in [3.63, 3.8) is 0 Å². The zero-order valence-corrected chi connectivity index (χ0v) is 19.3. The van der Waals surface area contributed by atoms with Gasteiger partial charge in [0.1, 0.15) is 12.1 Å². The monoisotopic (exact) mass is 470 g/mol. The molecule has 1 aliphatic heterocycles. The summed E-state index contributed by atoms with van der Waals surface area (Å²) in [5.74, 6) is -0.0817. The molecule has 0 aliphatic carbocycles. The predicted molar refractivity (Wildman–Crippen MR) is 127 cm³/mol. The summed E-state index contributed by atoms with van der Waals surface area (Å²) in [5, 5.41) is 9.66. The highest BCUT2D eigenvalue weighted by Crippen LogP contribution is 2.35. The van der Waals surface area contributed by atoms with Gasteiger partial charge in [0.25, 0.3) is 5.91 Å². The van der Waals surface area contributed by atoms with Gasteiger partial charge in [-0.25, -0.2) is 9.67 Å². The maximum atomic E-state index is 13.5. The van der Waals surface area contributed by atoms with Crippen LogP contribution >= 0.6 is 22.9 Å². The molecule has 0 radical (unpaired) electrons. The molecule has 0 atom stereocenters. The number of anilines is 1. The minimum atomic E-state index is -0.0817. The number of rotatable bonds is 6. The Balaban J connectivity index is 1.45. The lowest BCUT2D eigenvalue weighted by Crippen LogP contribution is -2.44. The third kappa shape index (κ3) is 4.21. The predicted octanol–water partition coefficient (Wildman–Crippen LogP) is 3.37. The van der Waals surface area contributed by atoms with Crippen LogP contribution in [0.1, 0.15) is 5.56 Å². The first-order chi connectivity index (χ1) is 15.6. The van der Waals surface area contributed by atoms with Gasteiger partial charge in [-0.1, -0.05) is 46.4 Å². The van der Waals surface area contributed by atoms with Crippen molar-refractivity contribution in [2.24, 2.45) is 0 Å². The van der Waals surface area contributed by atoms with Crippen molar-refractivity contribution >= 4 is 55.2 Å². The number of aromatic nitrogens is 4. The molecule has 0 N–H and O–H groups in total. The Hall–Kier alpha value is -2.59. The van der Waals surface area contributed by atoms with Crippen molar-refractivity contribution in [2.75, 3.05) is 44.3 Å². The molecule has 3 heterocycles. The fourth-order valence-electron chi connectivity index (χ4n) is 3.85. The van der Waals surface area contributed by atoms with Crippen LogP contribution in [-0.4, -0.2) is 70.2 Å². The topological polar surface area (TPSA) is 76.4 Å². The number of ether oxygens (including phenoxy) is 1. The van der Waals surface area contributed by atoms with Gasteiger partial charge in [-0.15, -0.1) is 5.10 Å². The molecule has 0 bridgehead atoms. The van der Waals surface area contributed by atoms with Gasteiger partial charge in [0.2, 0.25) is 0 Å². The minimum Gasteiger partial charge on any atom is -0.379 e. The van der Waals surface area contributed by atoms with E-state index < -0.39 is 0 Å². The zero-order valence-electron chi connectivity index (χ0n) is 17.7. The molecule has 2 aromatic heterocycles. The highest BCUT2D eigenvalue weighted by Gasteiger charge is 2.24. The summed E-state index contributed by atoms with van der Waals surface area (Å²) in [5.41, 5.74) is 3.47. The molecule has 166 valence electrons. The fraction of sp³-hybridized carbons (Fsp3) is 0.364. The van der Waals surface area contributed by atoms with Crippen LogP contribution in [0.5, 0.6) is 0 Å². The molecule has 1 amide bonds. The normalized spacial score (nSPS) is 14.9. The summed E-state index contributed by atoms with van der Waals surface area (Å²) >= 11 is 7.88. The van der Waals surface area contributed by atoms with Gasteiger partial charge in [-0.3, -0.25) is 14.6 Å². The number of fused-ring (bicyclic) bond motifs is 2. The van der Waals surface area contributed by atoms with Gasteiger partial charge in [-0.05, 0) is 30.7 Å². The van der Waals surface area contributed by atoms with Crippen LogP contribution < -0.4 is 4.90 Å². The highest BCUT2D eigenvalue weighted by molar-refractivity contribution is 7.23. The standard InChI is InChI=1S/C22H23ClN6O2S/c1-15-6-7-16(23)21-20(15)24-22(32-21)28(9-8-27-10-12-31-13-11-27)19(30)14-29-18-5-3-2-4-17(18)25-26-29/h2-7H,8-14H2,1H3. The molecule has 10 heteroatoms. The first kappa shape index (κ1) is 21.3. The molecule has 1 fully saturated rings. The summed E-state index contributed by atoms with van der Waals surface area (Å²) in [6.07, 6.45) is 0. The van der Waals surface area contributed by atoms with E-state index >= 15 is 0 Å². The van der Waals surface area contributed by atoms with E-state index in [1.165, 1.54) is 11.3 Å². The number of amides is 1. The van der Waals surface area contributed by atoms with Crippen LogP contribution in [-0.2, 0) is 16.1 Å². The SMILES string of the molecule is Cc1ccc(Cl)c2sc(N(CCN3CCOCC3)C(=O)Cn3nnc4ccccc43)nc12. The maximum absolute atomic E-state index is 13.5. The molecular formula is C22H23ClN6O2S. The number of aryl methyl sites for hydroxylation is 1. The average Bonchev–Trinajstić information content (AvgIpc) is 3.43. The van der Waals surface area contributed by atoms with E-state index in [1.807, 2.05) is 43.3 Å². The number of thiazole rings is 1. The Morgan fingerprint density at radius 1 is 1.22 bits per heavy atom. The maximum Gasteiger partial charge on any atom is 0.250 e. The second kappa shape index (κ2) is 9.11. The average molecular weight is 471 g/mol. The molecule has 1 saturated heterocycles. The van der Waals surface area contributed by atoms with Crippen LogP contribution in [0.25, 0.3) is 21.3 Å². The summed E-state index contributed by atoms with van der Waals surface area (Å²) in [7, 11) is 0. The van der Waals surface area contributed by atoms with Gasteiger partial charge in [-0.2, -0.15) is 0 Å². The molecule has 0 spiro atoms. The number of benzene rings is 2. The molecule has 0 saturated carbocycles. The molecule has 8 nitrogen and oxygen atoms in total. The number of nitrogens with zero attached hydrogens (tertiary/aromatic N) is 6. The second-order valence-corrected chi connectivity index (χ2v) is 9.16. The lowest BCUT2D eigenvalue weighted by Gasteiger charge is -2.29. The highest BCUT2D eigenvalue weighted by atomic mass is 35.5. The summed E-state index contributed by atoms with van der Waals surface area (Å²) in [4.78, 5) is 22.4. The summed E-state index contributed by atoms with van der Waals surface area (Å²) < 4.78 is 7.99. The number of hydrogen-bond acceptors (Lipinski definition) is 7. The second-order valence-electron chi connectivity index (χ2n) is 7.77. The Morgan fingerprint density at radius 3 is 2.84 bits per heavy atom. The van der Waals surface area contributed by atoms with E-state index in [9.17, 15) is 4.79 Å². The van der Waals surface area contributed by atoms with E-state index in [1.54, 1.807) is 9.58 Å². The number of halogens is 1. The largest absolute Gasteiger partial charge is 0.379 e. The van der Waals surface area contributed by atoms with E-state index in [0.717, 1.165) is 59.7 Å². The molecule has 2 aromatic carbocycles. The van der Waals surface area contributed by atoms with Gasteiger partial charge in [0.05, 0.1) is 34.0 Å². The molecule has 4 aromatic rings. The lowest BCUT2D eigenvalue weighted by molar-refractivity contribution is -0.119. The van der Waals surface area contributed by atoms with Crippen molar-refractivity contribution in [3.8, 4) is 0 Å². The number of carbonyl (C=O) groups is 1. The van der Waals surface area contributed by atoms with Gasteiger partial charge in [0, 0.05) is 26.2 Å². The van der Waals surface area contributed by atoms with E-state index in [0.29, 0.717) is 16.7 Å². The third-order valence-corrected chi connectivity index (χ3v) is 7.21. The summed E-state index contributed by atoms with van der Waals surface area (Å²) in [6, 6.07) is 11.5. The molecule has 0 unspecified atom stereocenters.